The molecule has 0 aliphatic carbocycles. The highest BCUT2D eigenvalue weighted by atomic mass is 35.5. The molecule has 0 saturated carbocycles. The Kier molecular flexibility index (Phi) is 5.45. The van der Waals surface area contributed by atoms with E-state index in [1.165, 1.54) is 0 Å². The molecule has 0 saturated heterocycles. The third-order valence-electron chi connectivity index (χ3n) is 3.00. The first-order chi connectivity index (χ1) is 10.4. The Balaban J connectivity index is 2.66. The first-order valence-electron chi connectivity index (χ1n) is 5.81. The number of halogens is 5. The molecule has 0 unspecified atom stereocenters. The molecular formula is C15H5Cl5N2. The van der Waals surface area contributed by atoms with Gasteiger partial charge in [-0.3, -0.25) is 0 Å². The highest BCUT2D eigenvalue weighted by molar-refractivity contribution is 6.46. The summed E-state index contributed by atoms with van der Waals surface area (Å²) >= 11 is 30.4. The minimum atomic E-state index is -0.00899. The van der Waals surface area contributed by atoms with Crippen LogP contribution in [0.4, 0.5) is 5.69 Å². The molecule has 2 aromatic rings. The van der Waals surface area contributed by atoms with Gasteiger partial charge >= 0.3 is 0 Å². The van der Waals surface area contributed by atoms with E-state index in [2.05, 4.69) is 4.85 Å². The van der Waals surface area contributed by atoms with Gasteiger partial charge in [0.05, 0.1) is 27.2 Å². The van der Waals surface area contributed by atoms with Crippen LogP contribution in [0, 0.1) is 17.9 Å². The van der Waals surface area contributed by atoms with Gasteiger partial charge in [-0.1, -0.05) is 64.1 Å². The number of nitriles is 1. The van der Waals surface area contributed by atoms with Crippen molar-refractivity contribution >= 4 is 63.7 Å². The molecule has 0 fully saturated rings. The van der Waals surface area contributed by atoms with Crippen molar-refractivity contribution in [2.24, 2.45) is 0 Å². The van der Waals surface area contributed by atoms with E-state index in [0.29, 0.717) is 15.6 Å². The third kappa shape index (κ3) is 3.13. The molecule has 2 rings (SSSR count). The summed E-state index contributed by atoms with van der Waals surface area (Å²) in [5, 5.41) is 10.2. The number of benzene rings is 2. The Morgan fingerprint density at radius 2 is 1.73 bits per heavy atom. The Morgan fingerprint density at radius 3 is 2.27 bits per heavy atom. The van der Waals surface area contributed by atoms with Gasteiger partial charge in [0.1, 0.15) is 6.07 Å². The molecule has 2 nitrogen and oxygen atoms in total. The van der Waals surface area contributed by atoms with Gasteiger partial charge in [-0.2, -0.15) is 5.26 Å². The van der Waals surface area contributed by atoms with Gasteiger partial charge in [0.25, 0.3) is 0 Å². The molecule has 0 amide bonds. The van der Waals surface area contributed by atoms with Gasteiger partial charge in [-0.05, 0) is 29.7 Å². The maximum Gasteiger partial charge on any atom is 0.211 e. The summed E-state index contributed by atoms with van der Waals surface area (Å²) in [5.74, 6) is 0. The van der Waals surface area contributed by atoms with Crippen LogP contribution in [0.3, 0.4) is 0 Å². The summed E-state index contributed by atoms with van der Waals surface area (Å²) in [5.41, 5.74) is 1.23. The Hall–Kier alpha value is -1.13. The molecule has 0 aliphatic rings. The first kappa shape index (κ1) is 17.2. The van der Waals surface area contributed by atoms with Crippen LogP contribution in [0.1, 0.15) is 16.7 Å². The Labute approximate surface area is 152 Å². The van der Waals surface area contributed by atoms with Crippen LogP contribution in [-0.4, -0.2) is 0 Å². The predicted octanol–water partition coefficient (Wildman–Crippen LogP) is 6.97. The van der Waals surface area contributed by atoms with Gasteiger partial charge in [0.2, 0.25) is 5.69 Å². The number of hydrogen-bond acceptors (Lipinski definition) is 1. The van der Waals surface area contributed by atoms with Gasteiger partial charge in [0.15, 0.2) is 0 Å². The fraction of sp³-hybridized carbons (Fsp3) is 0.0667. The van der Waals surface area contributed by atoms with Crippen LogP contribution in [-0.2, 0) is 6.42 Å². The Bertz CT molecular complexity index is 847. The average molecular weight is 390 g/mol. The van der Waals surface area contributed by atoms with Crippen molar-refractivity contribution in [2.75, 3.05) is 0 Å². The molecule has 0 spiro atoms. The van der Waals surface area contributed by atoms with E-state index in [0.717, 1.165) is 5.56 Å². The maximum absolute atomic E-state index is 9.08. The molecule has 22 heavy (non-hydrogen) atoms. The van der Waals surface area contributed by atoms with Gasteiger partial charge < -0.3 is 0 Å². The van der Waals surface area contributed by atoms with E-state index < -0.39 is 0 Å². The molecule has 2 aromatic carbocycles. The lowest BCUT2D eigenvalue weighted by Crippen LogP contribution is -1.95. The van der Waals surface area contributed by atoms with Gasteiger partial charge in [-0.25, -0.2) is 4.85 Å². The zero-order valence-corrected chi connectivity index (χ0v) is 14.5. The third-order valence-corrected chi connectivity index (χ3v) is 4.84. The smallest absolute Gasteiger partial charge is 0.211 e. The van der Waals surface area contributed by atoms with E-state index in [1.54, 1.807) is 18.2 Å². The molecule has 0 aliphatic heterocycles. The quantitative estimate of drug-likeness (QED) is 0.402. The largest absolute Gasteiger partial charge is 0.236 e. The van der Waals surface area contributed by atoms with Crippen molar-refractivity contribution in [1.29, 1.82) is 5.26 Å². The maximum atomic E-state index is 9.08. The molecular weight excluding hydrogens is 385 g/mol. The van der Waals surface area contributed by atoms with Crippen LogP contribution < -0.4 is 0 Å². The van der Waals surface area contributed by atoms with Crippen LogP contribution in [0.5, 0.6) is 0 Å². The summed E-state index contributed by atoms with van der Waals surface area (Å²) in [6, 6.07) is 6.86. The normalized spacial score (nSPS) is 10.1. The summed E-state index contributed by atoms with van der Waals surface area (Å²) in [6.07, 6.45) is 0.248. The lowest BCUT2D eigenvalue weighted by molar-refractivity contribution is 1.20. The lowest BCUT2D eigenvalue weighted by Gasteiger charge is -2.13. The van der Waals surface area contributed by atoms with E-state index in [1.807, 2.05) is 6.07 Å². The summed E-state index contributed by atoms with van der Waals surface area (Å²) < 4.78 is 0. The average Bonchev–Trinajstić information content (AvgIpc) is 2.48. The van der Waals surface area contributed by atoms with Crippen molar-refractivity contribution in [3.63, 3.8) is 0 Å². The zero-order chi connectivity index (χ0) is 16.4. The van der Waals surface area contributed by atoms with E-state index in [9.17, 15) is 0 Å². The Morgan fingerprint density at radius 1 is 1.05 bits per heavy atom. The minimum absolute atomic E-state index is 0.00742. The van der Waals surface area contributed by atoms with E-state index >= 15 is 0 Å². The topological polar surface area (TPSA) is 28.1 Å². The lowest BCUT2D eigenvalue weighted by atomic mass is 10.0. The van der Waals surface area contributed by atoms with Crippen molar-refractivity contribution in [1.82, 2.24) is 0 Å². The van der Waals surface area contributed by atoms with Gasteiger partial charge in [-0.15, -0.1) is 0 Å². The zero-order valence-electron chi connectivity index (χ0n) is 10.7. The molecule has 0 N–H and O–H groups in total. The summed E-state index contributed by atoms with van der Waals surface area (Å²) in [6.45, 7) is 7.29. The summed E-state index contributed by atoms with van der Waals surface area (Å²) in [4.78, 5) is 3.38. The molecule has 0 bridgehead atoms. The van der Waals surface area contributed by atoms with Crippen LogP contribution in [0.2, 0.25) is 25.1 Å². The predicted molar refractivity (Wildman–Crippen MR) is 91.7 cm³/mol. The highest BCUT2D eigenvalue weighted by Gasteiger charge is 2.22. The van der Waals surface area contributed by atoms with Crippen LogP contribution in [0.25, 0.3) is 4.85 Å². The molecule has 0 atom stereocenters. The molecule has 110 valence electrons. The monoisotopic (exact) mass is 388 g/mol. The number of nitrogens with zero attached hydrogens (tertiary/aromatic N) is 2. The second-order valence-electron chi connectivity index (χ2n) is 4.28. The number of rotatable bonds is 2. The van der Waals surface area contributed by atoms with Crippen LogP contribution >= 0.6 is 58.0 Å². The SMILES string of the molecule is [C-]#[N+]c1c(Cl)c(C#N)c(Cl)c(Cl)c1Cc1ccc(Cl)cc1Cl. The van der Waals surface area contributed by atoms with Crippen molar-refractivity contribution in [3.05, 3.63) is 71.4 Å². The first-order valence-corrected chi connectivity index (χ1v) is 7.70. The molecule has 7 heteroatoms. The van der Waals surface area contributed by atoms with E-state index in [4.69, 9.17) is 69.8 Å². The molecule has 0 heterocycles. The molecule has 0 radical (unpaired) electrons. The van der Waals surface area contributed by atoms with Crippen molar-refractivity contribution < 1.29 is 0 Å². The fourth-order valence-corrected chi connectivity index (χ4v) is 3.24. The number of hydrogen-bond donors (Lipinski definition) is 0. The fourth-order valence-electron chi connectivity index (χ4n) is 1.92. The highest BCUT2D eigenvalue weighted by Crippen LogP contribution is 2.44. The summed E-state index contributed by atoms with van der Waals surface area (Å²) in [7, 11) is 0. The molecule has 0 aromatic heterocycles. The second-order valence-corrected chi connectivity index (χ2v) is 6.26. The van der Waals surface area contributed by atoms with Gasteiger partial charge in [0, 0.05) is 10.0 Å². The van der Waals surface area contributed by atoms with Crippen molar-refractivity contribution in [3.8, 4) is 6.07 Å². The van der Waals surface area contributed by atoms with Crippen LogP contribution in [0.15, 0.2) is 18.2 Å². The minimum Gasteiger partial charge on any atom is -0.236 e. The standard InChI is InChI=1S/C15H5Cl5N2/c1-22-15-9(4-7-2-3-8(16)5-11(7)17)12(18)13(19)10(6-21)14(15)20/h2-3,5H,4H2. The van der Waals surface area contributed by atoms with Crippen molar-refractivity contribution in [2.45, 2.75) is 6.42 Å². The van der Waals surface area contributed by atoms with E-state index in [-0.39, 0.29) is 32.7 Å². The second kappa shape index (κ2) is 6.97.